The number of fused-ring (bicyclic) bond motifs is 1. The molecule has 0 atom stereocenters. The lowest BCUT2D eigenvalue weighted by molar-refractivity contribution is -0.131. The third-order valence-corrected chi connectivity index (χ3v) is 5.99. The van der Waals surface area contributed by atoms with Crippen molar-refractivity contribution in [3.8, 4) is 5.88 Å². The third kappa shape index (κ3) is 5.15. The van der Waals surface area contributed by atoms with Crippen molar-refractivity contribution in [3.05, 3.63) is 16.8 Å². The summed E-state index contributed by atoms with van der Waals surface area (Å²) in [6.07, 6.45) is 1.95. The zero-order chi connectivity index (χ0) is 22.5. The number of carbonyl (C=O) groups is 2. The maximum atomic E-state index is 12.9. The average Bonchev–Trinajstić information content (AvgIpc) is 2.89. The predicted molar refractivity (Wildman–Crippen MR) is 119 cm³/mol. The molecule has 1 aliphatic rings. The lowest BCUT2D eigenvalue weighted by Gasteiger charge is -2.22. The summed E-state index contributed by atoms with van der Waals surface area (Å²) in [6, 6.07) is 0. The highest BCUT2D eigenvalue weighted by Crippen LogP contribution is 2.30. The summed E-state index contributed by atoms with van der Waals surface area (Å²) in [6.45, 7) is 9.93. The number of carbonyl (C=O) groups excluding carboxylic acids is 2. The molecule has 1 aliphatic heterocycles. The number of hydrogen-bond acceptors (Lipinski definition) is 6. The fourth-order valence-electron chi connectivity index (χ4n) is 4.33. The Morgan fingerprint density at radius 2 is 1.94 bits per heavy atom. The second-order valence-corrected chi connectivity index (χ2v) is 8.10. The average molecular weight is 431 g/mol. The quantitative estimate of drug-likeness (QED) is 0.710. The van der Waals surface area contributed by atoms with Gasteiger partial charge in [-0.15, -0.1) is 5.10 Å². The van der Waals surface area contributed by atoms with Gasteiger partial charge < -0.3 is 15.0 Å². The normalized spacial score (nSPS) is 15.2. The number of methoxy groups -OCH3 is 1. The number of aromatic nitrogens is 3. The first-order valence-corrected chi connectivity index (χ1v) is 11.0. The topological polar surface area (TPSA) is 92.6 Å². The minimum Gasteiger partial charge on any atom is -0.479 e. The molecule has 0 spiro atoms. The lowest BCUT2D eigenvalue weighted by atomic mass is 10.00. The lowest BCUT2D eigenvalue weighted by Crippen LogP contribution is -2.40. The minimum absolute atomic E-state index is 0.0435. The number of rotatable bonds is 7. The van der Waals surface area contributed by atoms with Gasteiger partial charge in [0.1, 0.15) is 0 Å². The van der Waals surface area contributed by atoms with Gasteiger partial charge in [0.2, 0.25) is 17.7 Å². The van der Waals surface area contributed by atoms with Crippen molar-refractivity contribution in [2.24, 2.45) is 7.05 Å². The van der Waals surface area contributed by atoms with Crippen molar-refractivity contribution in [2.75, 3.05) is 46.4 Å². The molecule has 2 aromatic rings. The molecule has 170 valence electrons. The van der Waals surface area contributed by atoms with Gasteiger partial charge in [-0.25, -0.2) is 9.67 Å². The Labute approximate surface area is 183 Å². The van der Waals surface area contributed by atoms with E-state index in [4.69, 9.17) is 9.72 Å². The summed E-state index contributed by atoms with van der Waals surface area (Å²) in [5.74, 6) is 0.758. The number of pyridine rings is 1. The molecule has 0 aliphatic carbocycles. The van der Waals surface area contributed by atoms with Crippen LogP contribution in [-0.2, 0) is 23.1 Å². The van der Waals surface area contributed by atoms with E-state index in [9.17, 15) is 9.59 Å². The predicted octanol–water partition coefficient (Wildman–Crippen LogP) is 1.20. The van der Waals surface area contributed by atoms with Crippen LogP contribution < -0.4 is 10.1 Å². The minimum atomic E-state index is 0.0435. The standard InChI is InChI=1S/C22H34N6O3/c1-6-23-18(29)14-27-10-7-11-28(13-12-27)19(30)9-8-17-15(2)20-21(24-16(17)3)26(4)25-22(20)31-5/h6-14H2,1-5H3,(H,23,29). The Morgan fingerprint density at radius 1 is 1.16 bits per heavy atom. The zero-order valence-corrected chi connectivity index (χ0v) is 19.3. The van der Waals surface area contributed by atoms with E-state index in [1.54, 1.807) is 11.8 Å². The molecule has 31 heavy (non-hydrogen) atoms. The molecule has 1 N–H and O–H groups in total. The maximum absolute atomic E-state index is 12.9. The molecule has 1 saturated heterocycles. The molecule has 0 bridgehead atoms. The highest BCUT2D eigenvalue weighted by atomic mass is 16.5. The summed E-state index contributed by atoms with van der Waals surface area (Å²) < 4.78 is 7.16. The molecule has 0 unspecified atom stereocenters. The summed E-state index contributed by atoms with van der Waals surface area (Å²) in [5, 5.41) is 8.14. The molecule has 0 radical (unpaired) electrons. The number of likely N-dealkylation sites (N-methyl/N-ethyl adjacent to an activating group) is 1. The van der Waals surface area contributed by atoms with E-state index in [-0.39, 0.29) is 11.8 Å². The number of aryl methyl sites for hydroxylation is 3. The van der Waals surface area contributed by atoms with Crippen LogP contribution in [0.25, 0.3) is 11.0 Å². The van der Waals surface area contributed by atoms with Crippen LogP contribution in [0.3, 0.4) is 0 Å². The number of nitrogens with one attached hydrogen (secondary N) is 1. The molecule has 3 rings (SSSR count). The van der Waals surface area contributed by atoms with Gasteiger partial charge in [0.25, 0.3) is 0 Å². The maximum Gasteiger partial charge on any atom is 0.242 e. The van der Waals surface area contributed by atoms with Crippen LogP contribution in [-0.4, -0.2) is 82.8 Å². The summed E-state index contributed by atoms with van der Waals surface area (Å²) in [4.78, 5) is 33.6. The molecule has 9 nitrogen and oxygen atoms in total. The van der Waals surface area contributed by atoms with Crippen LogP contribution in [0.15, 0.2) is 0 Å². The molecular weight excluding hydrogens is 396 g/mol. The van der Waals surface area contributed by atoms with Gasteiger partial charge in [0, 0.05) is 51.9 Å². The van der Waals surface area contributed by atoms with Crippen LogP contribution in [0, 0.1) is 13.8 Å². The monoisotopic (exact) mass is 430 g/mol. The molecule has 2 aromatic heterocycles. The number of amides is 2. The Balaban J connectivity index is 1.64. The Kier molecular flexibility index (Phi) is 7.48. The van der Waals surface area contributed by atoms with Crippen molar-refractivity contribution in [1.29, 1.82) is 0 Å². The van der Waals surface area contributed by atoms with Crippen molar-refractivity contribution >= 4 is 22.8 Å². The zero-order valence-electron chi connectivity index (χ0n) is 19.3. The van der Waals surface area contributed by atoms with Gasteiger partial charge >= 0.3 is 0 Å². The Bertz CT molecular complexity index is 955. The van der Waals surface area contributed by atoms with Gasteiger partial charge in [0.15, 0.2) is 5.65 Å². The van der Waals surface area contributed by atoms with Gasteiger partial charge in [0.05, 0.1) is 19.0 Å². The van der Waals surface area contributed by atoms with Gasteiger partial charge in [-0.05, 0) is 44.7 Å². The van der Waals surface area contributed by atoms with Crippen LogP contribution in [0.5, 0.6) is 5.88 Å². The van der Waals surface area contributed by atoms with Crippen molar-refractivity contribution < 1.29 is 14.3 Å². The van der Waals surface area contributed by atoms with Crippen LogP contribution in [0.2, 0.25) is 0 Å². The van der Waals surface area contributed by atoms with E-state index in [2.05, 4.69) is 15.3 Å². The second kappa shape index (κ2) is 10.1. The summed E-state index contributed by atoms with van der Waals surface area (Å²) in [7, 11) is 3.47. The largest absolute Gasteiger partial charge is 0.479 e. The van der Waals surface area contributed by atoms with Crippen molar-refractivity contribution in [2.45, 2.75) is 40.0 Å². The van der Waals surface area contributed by atoms with E-state index in [1.807, 2.05) is 32.7 Å². The number of hydrogen-bond donors (Lipinski definition) is 1. The van der Waals surface area contributed by atoms with E-state index in [0.717, 1.165) is 53.9 Å². The molecule has 2 amide bonds. The second-order valence-electron chi connectivity index (χ2n) is 8.10. The summed E-state index contributed by atoms with van der Waals surface area (Å²) in [5.41, 5.74) is 3.87. The van der Waals surface area contributed by atoms with E-state index in [1.165, 1.54) is 0 Å². The molecular formula is C22H34N6O3. The van der Waals surface area contributed by atoms with Crippen molar-refractivity contribution in [1.82, 2.24) is 29.9 Å². The van der Waals surface area contributed by atoms with Crippen LogP contribution in [0.4, 0.5) is 0 Å². The smallest absolute Gasteiger partial charge is 0.242 e. The molecule has 3 heterocycles. The van der Waals surface area contributed by atoms with Gasteiger partial charge in [-0.1, -0.05) is 0 Å². The Hall–Kier alpha value is -2.68. The van der Waals surface area contributed by atoms with Crippen LogP contribution >= 0.6 is 0 Å². The highest BCUT2D eigenvalue weighted by molar-refractivity contribution is 5.86. The molecule has 9 heteroatoms. The highest BCUT2D eigenvalue weighted by Gasteiger charge is 2.22. The van der Waals surface area contributed by atoms with Crippen LogP contribution in [0.1, 0.15) is 36.6 Å². The van der Waals surface area contributed by atoms with E-state index < -0.39 is 0 Å². The SMILES string of the molecule is CCNC(=O)CN1CCCN(C(=O)CCc2c(C)nc3c(c(OC)nn3C)c2C)CC1. The molecule has 0 aromatic carbocycles. The fourth-order valence-corrected chi connectivity index (χ4v) is 4.33. The summed E-state index contributed by atoms with van der Waals surface area (Å²) >= 11 is 0. The van der Waals surface area contributed by atoms with E-state index in [0.29, 0.717) is 38.4 Å². The van der Waals surface area contributed by atoms with Gasteiger partial charge in [-0.3, -0.25) is 14.5 Å². The van der Waals surface area contributed by atoms with Gasteiger partial charge in [-0.2, -0.15) is 0 Å². The fraction of sp³-hybridized carbons (Fsp3) is 0.636. The molecule has 1 fully saturated rings. The Morgan fingerprint density at radius 3 is 2.65 bits per heavy atom. The van der Waals surface area contributed by atoms with Crippen molar-refractivity contribution in [3.63, 3.8) is 0 Å². The molecule has 0 saturated carbocycles. The first-order valence-electron chi connectivity index (χ1n) is 11.0. The number of nitrogens with zero attached hydrogens (tertiary/aromatic N) is 5. The van der Waals surface area contributed by atoms with E-state index >= 15 is 0 Å². The first kappa shape index (κ1) is 23.0. The number of ether oxygens (including phenoxy) is 1. The first-order chi connectivity index (χ1) is 14.8. The third-order valence-electron chi connectivity index (χ3n) is 5.99.